The fourth-order valence-corrected chi connectivity index (χ4v) is 5.28. The fraction of sp³-hybridized carbons (Fsp3) is 0.600. The van der Waals surface area contributed by atoms with Crippen molar-refractivity contribution in [3.05, 3.63) is 35.9 Å². The molecule has 3 N–H and O–H groups in total. The number of nitrogens with zero attached hydrogens (tertiary/aromatic N) is 5. The Morgan fingerprint density at radius 1 is 1.11 bits per heavy atom. The van der Waals surface area contributed by atoms with Crippen molar-refractivity contribution in [1.29, 1.82) is 0 Å². The second-order valence-electron chi connectivity index (χ2n) is 10.3. The zero-order valence-corrected chi connectivity index (χ0v) is 20.4. The van der Waals surface area contributed by atoms with Gasteiger partial charge in [-0.1, -0.05) is 13.0 Å². The molecule has 0 bridgehead atoms. The SMILES string of the molecule is CC1(Cc2ncc3nc(Nc4cccc(C(F)(F)F)n4)n(C4CCC(CN)CC4)c3n2)CCOCC1. The molecule has 11 heteroatoms. The van der Waals surface area contributed by atoms with Crippen molar-refractivity contribution < 1.29 is 17.9 Å². The minimum atomic E-state index is -4.53. The van der Waals surface area contributed by atoms with Crippen LogP contribution in [0.4, 0.5) is 24.9 Å². The van der Waals surface area contributed by atoms with Gasteiger partial charge in [0.15, 0.2) is 5.65 Å². The summed E-state index contributed by atoms with van der Waals surface area (Å²) in [7, 11) is 0. The van der Waals surface area contributed by atoms with Gasteiger partial charge in [-0.15, -0.1) is 0 Å². The molecule has 0 amide bonds. The molecule has 0 atom stereocenters. The van der Waals surface area contributed by atoms with Crippen molar-refractivity contribution in [2.24, 2.45) is 17.1 Å². The summed E-state index contributed by atoms with van der Waals surface area (Å²) in [6.07, 6.45) is 3.58. The van der Waals surface area contributed by atoms with E-state index in [0.717, 1.165) is 70.1 Å². The highest BCUT2D eigenvalue weighted by molar-refractivity contribution is 5.75. The molecule has 8 nitrogen and oxygen atoms in total. The van der Waals surface area contributed by atoms with Crippen LogP contribution < -0.4 is 11.1 Å². The number of alkyl halides is 3. The van der Waals surface area contributed by atoms with Crippen molar-refractivity contribution in [2.45, 2.75) is 64.1 Å². The van der Waals surface area contributed by atoms with E-state index in [4.69, 9.17) is 15.5 Å². The predicted octanol–water partition coefficient (Wildman–Crippen LogP) is 5.03. The van der Waals surface area contributed by atoms with Crippen LogP contribution in [0.2, 0.25) is 0 Å². The first-order chi connectivity index (χ1) is 17.2. The number of pyridine rings is 1. The number of anilines is 2. The monoisotopic (exact) mass is 503 g/mol. The highest BCUT2D eigenvalue weighted by Crippen LogP contribution is 2.38. The number of hydrogen-bond donors (Lipinski definition) is 2. The van der Waals surface area contributed by atoms with Crippen LogP contribution in [0, 0.1) is 11.3 Å². The highest BCUT2D eigenvalue weighted by atomic mass is 19.4. The maximum absolute atomic E-state index is 13.2. The Morgan fingerprint density at radius 3 is 2.56 bits per heavy atom. The van der Waals surface area contributed by atoms with Gasteiger partial charge in [-0.3, -0.25) is 4.57 Å². The fourth-order valence-electron chi connectivity index (χ4n) is 5.28. The van der Waals surface area contributed by atoms with Crippen LogP contribution in [0.1, 0.15) is 63.0 Å². The van der Waals surface area contributed by atoms with E-state index in [2.05, 4.69) is 27.2 Å². The number of aromatic nitrogens is 5. The third-order valence-corrected chi connectivity index (χ3v) is 7.56. The Hall–Kier alpha value is -2.79. The molecule has 3 aromatic heterocycles. The van der Waals surface area contributed by atoms with Gasteiger partial charge < -0.3 is 15.8 Å². The van der Waals surface area contributed by atoms with E-state index < -0.39 is 11.9 Å². The largest absolute Gasteiger partial charge is 0.433 e. The standard InChI is InChI=1S/C25H32F3N7O/c1-24(9-11-36-12-10-24)13-21-30-15-18-22(33-21)35(17-7-5-16(14-29)6-8-17)23(31-18)34-20-4-2-3-19(32-20)25(26,27)28/h2-4,15-17H,5-14,29H2,1H3,(H,31,32,34). The zero-order chi connectivity index (χ0) is 25.3. The molecule has 4 heterocycles. The number of halogens is 3. The van der Waals surface area contributed by atoms with Gasteiger partial charge >= 0.3 is 6.18 Å². The maximum atomic E-state index is 13.2. The number of rotatable bonds is 6. The van der Waals surface area contributed by atoms with Gasteiger partial charge in [0.25, 0.3) is 0 Å². The van der Waals surface area contributed by atoms with E-state index in [9.17, 15) is 13.2 Å². The van der Waals surface area contributed by atoms with E-state index in [-0.39, 0.29) is 17.3 Å². The van der Waals surface area contributed by atoms with E-state index in [0.29, 0.717) is 29.6 Å². The lowest BCUT2D eigenvalue weighted by molar-refractivity contribution is -0.141. The highest BCUT2D eigenvalue weighted by Gasteiger charge is 2.33. The third-order valence-electron chi connectivity index (χ3n) is 7.56. The van der Waals surface area contributed by atoms with Gasteiger partial charge in [-0.2, -0.15) is 13.2 Å². The molecular weight excluding hydrogens is 471 g/mol. The minimum absolute atomic E-state index is 0.0685. The predicted molar refractivity (Wildman–Crippen MR) is 130 cm³/mol. The topological polar surface area (TPSA) is 104 Å². The zero-order valence-electron chi connectivity index (χ0n) is 20.4. The first-order valence-corrected chi connectivity index (χ1v) is 12.6. The van der Waals surface area contributed by atoms with Crippen LogP contribution in [-0.4, -0.2) is 44.3 Å². The van der Waals surface area contributed by atoms with Crippen molar-refractivity contribution in [3.8, 4) is 0 Å². The Labute approximate surface area is 207 Å². The molecule has 1 aliphatic carbocycles. The molecule has 1 saturated carbocycles. The van der Waals surface area contributed by atoms with Crippen LogP contribution in [0.15, 0.2) is 24.4 Å². The minimum Gasteiger partial charge on any atom is -0.381 e. The molecule has 5 rings (SSSR count). The average Bonchev–Trinajstić information content (AvgIpc) is 3.21. The van der Waals surface area contributed by atoms with Crippen LogP contribution in [-0.2, 0) is 17.3 Å². The lowest BCUT2D eigenvalue weighted by Crippen LogP contribution is -2.29. The molecule has 0 radical (unpaired) electrons. The lowest BCUT2D eigenvalue weighted by atomic mass is 9.79. The average molecular weight is 504 g/mol. The first kappa shape index (κ1) is 24.9. The number of imidazole rings is 1. The summed E-state index contributed by atoms with van der Waals surface area (Å²) in [4.78, 5) is 18.0. The molecule has 2 aliphatic rings. The van der Waals surface area contributed by atoms with Crippen LogP contribution in [0.3, 0.4) is 0 Å². The molecule has 1 saturated heterocycles. The first-order valence-electron chi connectivity index (χ1n) is 12.6. The Kier molecular flexibility index (Phi) is 6.86. The van der Waals surface area contributed by atoms with Gasteiger partial charge in [0, 0.05) is 25.7 Å². The summed E-state index contributed by atoms with van der Waals surface area (Å²) in [6.45, 7) is 4.37. The van der Waals surface area contributed by atoms with Crippen molar-refractivity contribution >= 4 is 22.9 Å². The Balaban J connectivity index is 1.51. The number of ether oxygens (including phenoxy) is 1. The number of hydrogen-bond acceptors (Lipinski definition) is 7. The van der Waals surface area contributed by atoms with Crippen molar-refractivity contribution in [1.82, 2.24) is 24.5 Å². The van der Waals surface area contributed by atoms with Crippen LogP contribution in [0.25, 0.3) is 11.2 Å². The maximum Gasteiger partial charge on any atom is 0.433 e. The van der Waals surface area contributed by atoms with Gasteiger partial charge in [-0.05, 0) is 68.5 Å². The summed E-state index contributed by atoms with van der Waals surface area (Å²) >= 11 is 0. The van der Waals surface area contributed by atoms with E-state index in [1.54, 1.807) is 6.20 Å². The molecule has 3 aromatic rings. The quantitative estimate of drug-likeness (QED) is 0.486. The van der Waals surface area contributed by atoms with E-state index in [1.165, 1.54) is 12.1 Å². The summed E-state index contributed by atoms with van der Waals surface area (Å²) in [5.74, 6) is 1.74. The Bertz CT molecular complexity index is 1200. The molecule has 1 aliphatic heterocycles. The third kappa shape index (κ3) is 5.31. The van der Waals surface area contributed by atoms with Gasteiger partial charge in [0.05, 0.1) is 6.20 Å². The second-order valence-corrected chi connectivity index (χ2v) is 10.3. The molecule has 0 unspecified atom stereocenters. The Morgan fingerprint density at radius 2 is 1.86 bits per heavy atom. The van der Waals surface area contributed by atoms with E-state index in [1.807, 2.05) is 4.57 Å². The van der Waals surface area contributed by atoms with Crippen LogP contribution >= 0.6 is 0 Å². The molecular formula is C25H32F3N7O. The molecule has 0 aromatic carbocycles. The number of fused-ring (bicyclic) bond motifs is 1. The van der Waals surface area contributed by atoms with Gasteiger partial charge in [0.1, 0.15) is 22.9 Å². The number of nitrogens with one attached hydrogen (secondary N) is 1. The van der Waals surface area contributed by atoms with E-state index >= 15 is 0 Å². The molecule has 194 valence electrons. The molecule has 0 spiro atoms. The summed E-state index contributed by atoms with van der Waals surface area (Å²) < 4.78 is 47.3. The lowest BCUT2D eigenvalue weighted by Gasteiger charge is -2.33. The van der Waals surface area contributed by atoms with Crippen molar-refractivity contribution in [3.63, 3.8) is 0 Å². The second kappa shape index (κ2) is 9.93. The van der Waals surface area contributed by atoms with Gasteiger partial charge in [0.2, 0.25) is 5.95 Å². The molecule has 2 fully saturated rings. The number of nitrogens with two attached hydrogens (primary N) is 1. The summed E-state index contributed by atoms with van der Waals surface area (Å²) in [5.41, 5.74) is 6.31. The molecule has 36 heavy (non-hydrogen) atoms. The summed E-state index contributed by atoms with van der Waals surface area (Å²) in [5, 5.41) is 3.04. The van der Waals surface area contributed by atoms with Gasteiger partial charge in [-0.25, -0.2) is 19.9 Å². The smallest absolute Gasteiger partial charge is 0.381 e. The van der Waals surface area contributed by atoms with Crippen LogP contribution in [0.5, 0.6) is 0 Å². The normalized spacial score (nSPS) is 22.6. The van der Waals surface area contributed by atoms with Crippen molar-refractivity contribution in [2.75, 3.05) is 25.1 Å². The summed E-state index contributed by atoms with van der Waals surface area (Å²) in [6, 6.07) is 3.90.